The number of benzene rings is 1. The van der Waals surface area contributed by atoms with Crippen LogP contribution in [0, 0.1) is 13.8 Å². The summed E-state index contributed by atoms with van der Waals surface area (Å²) in [5.74, 6) is -0.221. The molecule has 0 radical (unpaired) electrons. The van der Waals surface area contributed by atoms with Crippen molar-refractivity contribution in [1.82, 2.24) is 4.98 Å². The predicted molar refractivity (Wildman–Crippen MR) is 76.0 cm³/mol. The maximum absolute atomic E-state index is 12.0. The number of amides is 1. The summed E-state index contributed by atoms with van der Waals surface area (Å²) in [4.78, 5) is 28.4. The van der Waals surface area contributed by atoms with Crippen LogP contribution in [0.15, 0.2) is 24.3 Å². The molecule has 0 aliphatic heterocycles. The molecule has 0 fully saturated rings. The highest BCUT2D eigenvalue weighted by atomic mass is 32.1. The fourth-order valence-electron chi connectivity index (χ4n) is 1.54. The molecule has 0 aliphatic carbocycles. The quantitative estimate of drug-likeness (QED) is 0.874. The second-order valence-electron chi connectivity index (χ2n) is 4.25. The van der Waals surface area contributed by atoms with E-state index in [9.17, 15) is 9.59 Å². The number of rotatable bonds is 3. The molecule has 4 nitrogen and oxygen atoms in total. The zero-order chi connectivity index (χ0) is 14.0. The van der Waals surface area contributed by atoms with Crippen molar-refractivity contribution in [3.63, 3.8) is 0 Å². The minimum atomic E-state index is -0.225. The van der Waals surface area contributed by atoms with Crippen LogP contribution in [-0.2, 0) is 0 Å². The van der Waals surface area contributed by atoms with Gasteiger partial charge < -0.3 is 5.32 Å². The zero-order valence-corrected chi connectivity index (χ0v) is 11.8. The van der Waals surface area contributed by atoms with Gasteiger partial charge in [0.25, 0.3) is 5.91 Å². The predicted octanol–water partition coefficient (Wildman–Crippen LogP) is 3.21. The van der Waals surface area contributed by atoms with E-state index >= 15 is 0 Å². The maximum atomic E-state index is 12.0. The molecule has 1 aromatic heterocycles. The van der Waals surface area contributed by atoms with E-state index in [1.165, 1.54) is 18.3 Å². The van der Waals surface area contributed by atoms with Crippen LogP contribution in [-0.4, -0.2) is 16.7 Å². The number of hydrogen-bond acceptors (Lipinski definition) is 4. The van der Waals surface area contributed by atoms with E-state index in [1.54, 1.807) is 24.3 Å². The van der Waals surface area contributed by atoms with E-state index in [2.05, 4.69) is 10.3 Å². The van der Waals surface area contributed by atoms with Crippen LogP contribution >= 0.6 is 11.3 Å². The van der Waals surface area contributed by atoms with Crippen LogP contribution in [0.4, 0.5) is 5.69 Å². The fourth-order valence-corrected chi connectivity index (χ4v) is 2.35. The minimum Gasteiger partial charge on any atom is -0.320 e. The minimum absolute atomic E-state index is 0.00375. The van der Waals surface area contributed by atoms with Gasteiger partial charge in [0, 0.05) is 16.1 Å². The number of nitrogens with zero attached hydrogens (tertiary/aromatic N) is 1. The smallest absolute Gasteiger partial charge is 0.284 e. The molecular weight excluding hydrogens is 260 g/mol. The number of aryl methyl sites for hydroxylation is 2. The van der Waals surface area contributed by atoms with Gasteiger partial charge in [-0.3, -0.25) is 9.59 Å². The zero-order valence-electron chi connectivity index (χ0n) is 11.0. The molecule has 2 rings (SSSR count). The lowest BCUT2D eigenvalue weighted by molar-refractivity contribution is 0.101. The monoisotopic (exact) mass is 274 g/mol. The van der Waals surface area contributed by atoms with Gasteiger partial charge in [-0.1, -0.05) is 0 Å². The topological polar surface area (TPSA) is 59.1 Å². The Morgan fingerprint density at radius 2 is 1.79 bits per heavy atom. The molecule has 0 saturated carbocycles. The average Bonchev–Trinajstić information content (AvgIpc) is 2.70. The molecule has 98 valence electrons. The third-order valence-corrected chi connectivity index (χ3v) is 3.84. The third-order valence-electron chi connectivity index (χ3n) is 2.77. The Kier molecular flexibility index (Phi) is 3.76. The average molecular weight is 274 g/mol. The molecule has 0 bridgehead atoms. The van der Waals surface area contributed by atoms with E-state index in [1.807, 2.05) is 13.8 Å². The maximum Gasteiger partial charge on any atom is 0.284 e. The van der Waals surface area contributed by atoms with Gasteiger partial charge in [-0.2, -0.15) is 0 Å². The second kappa shape index (κ2) is 5.32. The summed E-state index contributed by atoms with van der Waals surface area (Å²) in [7, 11) is 0. The van der Waals surface area contributed by atoms with Crippen molar-refractivity contribution in [2.75, 3.05) is 5.32 Å². The van der Waals surface area contributed by atoms with Crippen LogP contribution in [0.2, 0.25) is 0 Å². The largest absolute Gasteiger partial charge is 0.320 e. The normalized spacial score (nSPS) is 10.3. The van der Waals surface area contributed by atoms with E-state index in [-0.39, 0.29) is 11.7 Å². The van der Waals surface area contributed by atoms with Crippen molar-refractivity contribution in [1.29, 1.82) is 0 Å². The number of Topliss-reactive ketones (excluding diaryl/α,β-unsaturated/α-hetero) is 1. The van der Waals surface area contributed by atoms with E-state index in [4.69, 9.17) is 0 Å². The number of carbonyl (C=O) groups excluding carboxylic acids is 2. The SMILES string of the molecule is CC(=O)c1ccc(NC(=O)c2nc(C)c(C)s2)cc1. The van der Waals surface area contributed by atoms with E-state index in [0.717, 1.165) is 10.6 Å². The highest BCUT2D eigenvalue weighted by Gasteiger charge is 2.12. The molecule has 19 heavy (non-hydrogen) atoms. The van der Waals surface area contributed by atoms with E-state index in [0.29, 0.717) is 16.3 Å². The molecule has 2 aromatic rings. The van der Waals surface area contributed by atoms with Crippen molar-refractivity contribution in [3.8, 4) is 0 Å². The van der Waals surface area contributed by atoms with Crippen LogP contribution in [0.25, 0.3) is 0 Å². The van der Waals surface area contributed by atoms with E-state index < -0.39 is 0 Å². The van der Waals surface area contributed by atoms with Gasteiger partial charge in [-0.05, 0) is 45.0 Å². The van der Waals surface area contributed by atoms with Gasteiger partial charge in [-0.25, -0.2) is 4.98 Å². The van der Waals surface area contributed by atoms with Gasteiger partial charge in [0.15, 0.2) is 10.8 Å². The number of thiazole rings is 1. The number of carbonyl (C=O) groups is 2. The van der Waals surface area contributed by atoms with Gasteiger partial charge in [0.05, 0.1) is 5.69 Å². The van der Waals surface area contributed by atoms with Crippen molar-refractivity contribution in [2.24, 2.45) is 0 Å². The Labute approximate surface area is 115 Å². The number of anilines is 1. The summed E-state index contributed by atoms with van der Waals surface area (Å²) in [5.41, 5.74) is 2.15. The summed E-state index contributed by atoms with van der Waals surface area (Å²) in [5, 5.41) is 3.21. The first-order chi connectivity index (χ1) is 8.97. The summed E-state index contributed by atoms with van der Waals surface area (Å²) >= 11 is 1.37. The first-order valence-corrected chi connectivity index (χ1v) is 6.65. The van der Waals surface area contributed by atoms with Gasteiger partial charge in [0.2, 0.25) is 0 Å². The molecule has 1 aromatic carbocycles. The molecule has 0 atom stereocenters. The van der Waals surface area contributed by atoms with Crippen LogP contribution in [0.3, 0.4) is 0 Å². The third kappa shape index (κ3) is 3.06. The van der Waals surface area contributed by atoms with Gasteiger partial charge in [0.1, 0.15) is 0 Å². The standard InChI is InChI=1S/C14H14N2O2S/c1-8-10(3)19-14(15-8)13(18)16-12-6-4-11(5-7-12)9(2)17/h4-7H,1-3H3,(H,16,18). The highest BCUT2D eigenvalue weighted by molar-refractivity contribution is 7.13. The van der Waals surface area contributed by atoms with Crippen LogP contribution in [0.5, 0.6) is 0 Å². The van der Waals surface area contributed by atoms with Gasteiger partial charge in [-0.15, -0.1) is 11.3 Å². The summed E-state index contributed by atoms with van der Waals surface area (Å²) in [6.45, 7) is 5.32. The first-order valence-electron chi connectivity index (χ1n) is 5.84. The number of aromatic nitrogens is 1. The van der Waals surface area contributed by atoms with Crippen molar-refractivity contribution >= 4 is 28.7 Å². The molecular formula is C14H14N2O2S. The summed E-state index contributed by atoms with van der Waals surface area (Å²) in [6, 6.07) is 6.80. The molecule has 1 N–H and O–H groups in total. The lowest BCUT2D eigenvalue weighted by Crippen LogP contribution is -2.11. The molecule has 0 spiro atoms. The highest BCUT2D eigenvalue weighted by Crippen LogP contribution is 2.18. The summed E-state index contributed by atoms with van der Waals surface area (Å²) < 4.78 is 0. The Hall–Kier alpha value is -2.01. The fraction of sp³-hybridized carbons (Fsp3) is 0.214. The molecule has 0 unspecified atom stereocenters. The molecule has 1 amide bonds. The Bertz CT molecular complexity index is 610. The second-order valence-corrected chi connectivity index (χ2v) is 5.45. The number of ketones is 1. The van der Waals surface area contributed by atoms with Crippen LogP contribution in [0.1, 0.15) is 37.7 Å². The van der Waals surface area contributed by atoms with Crippen molar-refractivity contribution in [2.45, 2.75) is 20.8 Å². The lowest BCUT2D eigenvalue weighted by Gasteiger charge is -2.03. The van der Waals surface area contributed by atoms with Crippen molar-refractivity contribution < 1.29 is 9.59 Å². The lowest BCUT2D eigenvalue weighted by atomic mass is 10.1. The number of nitrogens with one attached hydrogen (secondary N) is 1. The summed E-state index contributed by atoms with van der Waals surface area (Å²) in [6.07, 6.45) is 0. The number of hydrogen-bond donors (Lipinski definition) is 1. The van der Waals surface area contributed by atoms with Gasteiger partial charge >= 0.3 is 0 Å². The molecule has 0 aliphatic rings. The molecule has 1 heterocycles. The Morgan fingerprint density at radius 1 is 1.16 bits per heavy atom. The van der Waals surface area contributed by atoms with Crippen LogP contribution < -0.4 is 5.32 Å². The first kappa shape index (κ1) is 13.4. The Morgan fingerprint density at radius 3 is 2.26 bits per heavy atom. The molecule has 5 heteroatoms. The molecule has 0 saturated heterocycles. The van der Waals surface area contributed by atoms with Crippen molar-refractivity contribution in [3.05, 3.63) is 45.4 Å². The Balaban J connectivity index is 2.12.